The molecular formula is C15H17NO3S. The zero-order valence-corrected chi connectivity index (χ0v) is 11.9. The predicted octanol–water partition coefficient (Wildman–Crippen LogP) is 2.25. The second kappa shape index (κ2) is 5.13. The Morgan fingerprint density at radius 1 is 1.35 bits per heavy atom. The maximum absolute atomic E-state index is 12.3. The van der Waals surface area contributed by atoms with E-state index < -0.39 is 11.4 Å². The van der Waals surface area contributed by atoms with E-state index >= 15 is 0 Å². The molecule has 0 spiro atoms. The van der Waals surface area contributed by atoms with Crippen molar-refractivity contribution in [3.63, 3.8) is 0 Å². The molecule has 1 fully saturated rings. The van der Waals surface area contributed by atoms with E-state index in [1.807, 2.05) is 24.3 Å². The number of hydrogen-bond donors (Lipinski definition) is 2. The third-order valence-electron chi connectivity index (χ3n) is 4.38. The fourth-order valence-electron chi connectivity index (χ4n) is 2.83. The van der Waals surface area contributed by atoms with Crippen LogP contribution in [0, 0.1) is 5.41 Å². The molecule has 106 valence electrons. The molecule has 1 amide bonds. The van der Waals surface area contributed by atoms with Crippen LogP contribution in [0.4, 0.5) is 0 Å². The number of hydrogen-bond acceptors (Lipinski definition) is 3. The number of nitrogens with one attached hydrogen (secondary N) is 1. The molecule has 1 aliphatic heterocycles. The van der Waals surface area contributed by atoms with Gasteiger partial charge in [0, 0.05) is 17.2 Å². The molecule has 4 nitrogen and oxygen atoms in total. The van der Waals surface area contributed by atoms with Crippen LogP contribution < -0.4 is 5.32 Å². The van der Waals surface area contributed by atoms with Crippen LogP contribution >= 0.6 is 11.8 Å². The summed E-state index contributed by atoms with van der Waals surface area (Å²) in [7, 11) is 0. The van der Waals surface area contributed by atoms with Crippen LogP contribution in [0.5, 0.6) is 0 Å². The van der Waals surface area contributed by atoms with Crippen molar-refractivity contribution in [2.45, 2.75) is 30.1 Å². The van der Waals surface area contributed by atoms with Crippen LogP contribution in [0.15, 0.2) is 29.2 Å². The SMILES string of the molecule is O=C(NCC1(C(=O)O)CCC1)C1CSc2ccccc21. The lowest BCUT2D eigenvalue weighted by Crippen LogP contribution is -2.48. The summed E-state index contributed by atoms with van der Waals surface area (Å²) in [4.78, 5) is 24.7. The van der Waals surface area contributed by atoms with Crippen LogP contribution in [0.2, 0.25) is 0 Å². The molecule has 1 aromatic carbocycles. The summed E-state index contributed by atoms with van der Waals surface area (Å²) < 4.78 is 0. The Labute approximate surface area is 121 Å². The average Bonchev–Trinajstić information content (AvgIpc) is 2.80. The maximum atomic E-state index is 12.3. The van der Waals surface area contributed by atoms with Gasteiger partial charge in [0.25, 0.3) is 0 Å². The topological polar surface area (TPSA) is 66.4 Å². The van der Waals surface area contributed by atoms with E-state index in [9.17, 15) is 14.7 Å². The van der Waals surface area contributed by atoms with E-state index in [1.54, 1.807) is 11.8 Å². The second-order valence-corrected chi connectivity index (χ2v) is 6.62. The van der Waals surface area contributed by atoms with Gasteiger partial charge in [0.2, 0.25) is 5.91 Å². The summed E-state index contributed by atoms with van der Waals surface area (Å²) in [5.41, 5.74) is 0.342. The molecule has 1 atom stereocenters. The predicted molar refractivity (Wildman–Crippen MR) is 76.8 cm³/mol. The van der Waals surface area contributed by atoms with Crippen LogP contribution in [-0.2, 0) is 9.59 Å². The summed E-state index contributed by atoms with van der Waals surface area (Å²) in [5.74, 6) is -0.243. The Hall–Kier alpha value is -1.49. The van der Waals surface area contributed by atoms with Crippen molar-refractivity contribution in [3.05, 3.63) is 29.8 Å². The van der Waals surface area contributed by atoms with E-state index in [0.29, 0.717) is 12.8 Å². The zero-order chi connectivity index (χ0) is 14.2. The van der Waals surface area contributed by atoms with Crippen molar-refractivity contribution >= 4 is 23.6 Å². The van der Waals surface area contributed by atoms with Crippen LogP contribution in [0.3, 0.4) is 0 Å². The Balaban J connectivity index is 1.65. The number of rotatable bonds is 4. The molecule has 20 heavy (non-hydrogen) atoms. The molecule has 2 N–H and O–H groups in total. The highest BCUT2D eigenvalue weighted by Gasteiger charge is 2.45. The van der Waals surface area contributed by atoms with E-state index in [-0.39, 0.29) is 18.4 Å². The lowest BCUT2D eigenvalue weighted by Gasteiger charge is -2.37. The Morgan fingerprint density at radius 2 is 2.10 bits per heavy atom. The number of carbonyl (C=O) groups is 2. The normalized spacial score (nSPS) is 22.7. The van der Waals surface area contributed by atoms with Gasteiger partial charge in [-0.1, -0.05) is 24.6 Å². The third-order valence-corrected chi connectivity index (χ3v) is 5.56. The minimum absolute atomic E-state index is 0.0463. The summed E-state index contributed by atoms with van der Waals surface area (Å²) in [6.07, 6.45) is 2.27. The van der Waals surface area contributed by atoms with Crippen molar-refractivity contribution in [1.29, 1.82) is 0 Å². The quantitative estimate of drug-likeness (QED) is 0.893. The van der Waals surface area contributed by atoms with Crippen LogP contribution in [0.25, 0.3) is 0 Å². The van der Waals surface area contributed by atoms with Gasteiger partial charge >= 0.3 is 5.97 Å². The molecule has 0 bridgehead atoms. The monoisotopic (exact) mass is 291 g/mol. The molecule has 5 heteroatoms. The molecule has 3 rings (SSSR count). The zero-order valence-electron chi connectivity index (χ0n) is 11.1. The van der Waals surface area contributed by atoms with Crippen LogP contribution in [-0.4, -0.2) is 29.3 Å². The molecule has 1 aromatic rings. The van der Waals surface area contributed by atoms with E-state index in [2.05, 4.69) is 5.32 Å². The van der Waals surface area contributed by atoms with E-state index in [4.69, 9.17) is 0 Å². The Kier molecular flexibility index (Phi) is 3.46. The molecule has 0 aromatic heterocycles. The first-order valence-corrected chi connectivity index (χ1v) is 7.84. The fraction of sp³-hybridized carbons (Fsp3) is 0.467. The van der Waals surface area contributed by atoms with Crippen molar-refractivity contribution in [2.24, 2.45) is 5.41 Å². The molecule has 2 aliphatic rings. The van der Waals surface area contributed by atoms with Crippen molar-refractivity contribution < 1.29 is 14.7 Å². The highest BCUT2D eigenvalue weighted by atomic mass is 32.2. The molecule has 1 unspecified atom stereocenters. The fourth-order valence-corrected chi connectivity index (χ4v) is 4.06. The number of carbonyl (C=O) groups excluding carboxylic acids is 1. The van der Waals surface area contributed by atoms with Gasteiger partial charge in [-0.15, -0.1) is 11.8 Å². The molecular weight excluding hydrogens is 274 g/mol. The van der Waals surface area contributed by atoms with Gasteiger partial charge in [-0.25, -0.2) is 0 Å². The van der Waals surface area contributed by atoms with E-state index in [0.717, 1.165) is 22.6 Å². The summed E-state index contributed by atoms with van der Waals surface area (Å²) in [6.45, 7) is 0.254. The van der Waals surface area contributed by atoms with E-state index in [1.165, 1.54) is 0 Å². The summed E-state index contributed by atoms with van der Waals surface area (Å²) >= 11 is 1.69. The van der Waals surface area contributed by atoms with Crippen molar-refractivity contribution in [3.8, 4) is 0 Å². The van der Waals surface area contributed by atoms with Gasteiger partial charge in [-0.2, -0.15) is 0 Å². The molecule has 1 aliphatic carbocycles. The van der Waals surface area contributed by atoms with Gasteiger partial charge in [0.05, 0.1) is 11.3 Å². The van der Waals surface area contributed by atoms with Crippen molar-refractivity contribution in [2.75, 3.05) is 12.3 Å². The molecule has 0 radical (unpaired) electrons. The molecule has 1 saturated carbocycles. The minimum Gasteiger partial charge on any atom is -0.481 e. The first-order chi connectivity index (χ1) is 9.62. The highest BCUT2D eigenvalue weighted by Crippen LogP contribution is 2.42. The Morgan fingerprint density at radius 3 is 2.75 bits per heavy atom. The molecule has 1 heterocycles. The van der Waals surface area contributed by atoms with Crippen LogP contribution in [0.1, 0.15) is 30.7 Å². The number of fused-ring (bicyclic) bond motifs is 1. The second-order valence-electron chi connectivity index (χ2n) is 5.56. The minimum atomic E-state index is -0.787. The first-order valence-electron chi connectivity index (χ1n) is 6.85. The van der Waals surface area contributed by atoms with Gasteiger partial charge in [0.1, 0.15) is 0 Å². The maximum Gasteiger partial charge on any atom is 0.311 e. The lowest BCUT2D eigenvalue weighted by atomic mass is 9.68. The smallest absolute Gasteiger partial charge is 0.311 e. The summed E-state index contributed by atoms with van der Waals surface area (Å²) in [6, 6.07) is 7.92. The average molecular weight is 291 g/mol. The van der Waals surface area contributed by atoms with Crippen molar-refractivity contribution in [1.82, 2.24) is 5.32 Å². The highest BCUT2D eigenvalue weighted by molar-refractivity contribution is 7.99. The number of thioether (sulfide) groups is 1. The summed E-state index contributed by atoms with van der Waals surface area (Å²) in [5, 5.41) is 12.1. The third kappa shape index (κ3) is 2.20. The number of amides is 1. The van der Waals surface area contributed by atoms with Gasteiger partial charge in [0.15, 0.2) is 0 Å². The lowest BCUT2D eigenvalue weighted by molar-refractivity contribution is -0.154. The number of aliphatic carboxylic acids is 1. The van der Waals surface area contributed by atoms with Gasteiger partial charge < -0.3 is 10.4 Å². The first kappa shape index (κ1) is 13.5. The van der Waals surface area contributed by atoms with Gasteiger partial charge in [-0.3, -0.25) is 9.59 Å². The Bertz CT molecular complexity index is 554. The standard InChI is InChI=1S/C15H17NO3S/c17-13(16-9-15(14(18)19)6-3-7-15)11-8-20-12-5-2-1-4-10(11)12/h1-2,4-5,11H,3,6-9H2,(H,16,17)(H,18,19). The number of carboxylic acid groups (broad SMARTS) is 1. The number of benzene rings is 1. The molecule has 0 saturated heterocycles. The largest absolute Gasteiger partial charge is 0.481 e. The van der Waals surface area contributed by atoms with Gasteiger partial charge in [-0.05, 0) is 24.5 Å². The number of carboxylic acids is 1.